The number of likely N-dealkylation sites (tertiary alicyclic amines) is 1. The molecule has 2 heterocycles. The lowest BCUT2D eigenvalue weighted by Gasteiger charge is -2.25. The van der Waals surface area contributed by atoms with Gasteiger partial charge in [-0.05, 0) is 53.4 Å². The minimum Gasteiger partial charge on any atom is -0.343 e. The molecule has 2 amide bonds. The number of hydrogen-bond acceptors (Lipinski definition) is 3. The van der Waals surface area contributed by atoms with E-state index in [2.05, 4.69) is 10.3 Å². The Morgan fingerprint density at radius 3 is 2.63 bits per heavy atom. The van der Waals surface area contributed by atoms with Crippen LogP contribution in [0.15, 0.2) is 67.0 Å². The van der Waals surface area contributed by atoms with E-state index in [1.54, 1.807) is 18.5 Å². The van der Waals surface area contributed by atoms with Gasteiger partial charge in [-0.15, -0.1) is 0 Å². The monoisotopic (exact) mass is 359 g/mol. The molecule has 2 aromatic carbocycles. The summed E-state index contributed by atoms with van der Waals surface area (Å²) < 4.78 is 0. The summed E-state index contributed by atoms with van der Waals surface area (Å²) in [5.41, 5.74) is 1.66. The smallest absolute Gasteiger partial charge is 0.251 e. The summed E-state index contributed by atoms with van der Waals surface area (Å²) in [6.07, 6.45) is 5.40. The van der Waals surface area contributed by atoms with Gasteiger partial charge in [0, 0.05) is 24.5 Å². The second-order valence-electron chi connectivity index (χ2n) is 6.77. The fourth-order valence-electron chi connectivity index (χ4n) is 3.69. The number of aromatic nitrogens is 1. The maximum atomic E-state index is 12.7. The molecule has 0 radical (unpaired) electrons. The Kier molecular flexibility index (Phi) is 4.83. The molecule has 1 fully saturated rings. The SMILES string of the molecule is O=C(NCC(=O)N1CCCC1c1ccncc1)c1ccc2ccccc2c1. The van der Waals surface area contributed by atoms with E-state index in [-0.39, 0.29) is 24.4 Å². The van der Waals surface area contributed by atoms with Crippen LogP contribution in [-0.2, 0) is 4.79 Å². The van der Waals surface area contributed by atoms with Crippen molar-refractivity contribution in [1.82, 2.24) is 15.2 Å². The molecule has 1 N–H and O–H groups in total. The fraction of sp³-hybridized carbons (Fsp3) is 0.227. The van der Waals surface area contributed by atoms with Crippen molar-refractivity contribution in [3.8, 4) is 0 Å². The molecular formula is C22H21N3O2. The van der Waals surface area contributed by atoms with E-state index in [1.807, 2.05) is 53.4 Å². The standard InChI is InChI=1S/C22H21N3O2/c26-21(25-13-3-6-20(25)17-9-11-23-12-10-17)15-24-22(27)19-8-7-16-4-1-2-5-18(16)14-19/h1-2,4-5,7-12,14,20H,3,6,13,15H2,(H,24,27). The molecule has 5 nitrogen and oxygen atoms in total. The molecule has 0 spiro atoms. The number of amides is 2. The van der Waals surface area contributed by atoms with Gasteiger partial charge < -0.3 is 10.2 Å². The van der Waals surface area contributed by atoms with E-state index < -0.39 is 0 Å². The van der Waals surface area contributed by atoms with Crippen LogP contribution >= 0.6 is 0 Å². The van der Waals surface area contributed by atoms with E-state index in [1.165, 1.54) is 0 Å². The van der Waals surface area contributed by atoms with Crippen LogP contribution in [0.5, 0.6) is 0 Å². The summed E-state index contributed by atoms with van der Waals surface area (Å²) in [4.78, 5) is 31.0. The number of carbonyl (C=O) groups excluding carboxylic acids is 2. The molecule has 1 aromatic heterocycles. The third-order valence-electron chi connectivity index (χ3n) is 5.08. The summed E-state index contributed by atoms with van der Waals surface area (Å²) in [5.74, 6) is -0.280. The predicted octanol–water partition coefficient (Wildman–Crippen LogP) is 3.33. The molecule has 3 aromatic rings. The van der Waals surface area contributed by atoms with Crippen LogP contribution < -0.4 is 5.32 Å². The third kappa shape index (κ3) is 3.67. The first-order valence-corrected chi connectivity index (χ1v) is 9.19. The van der Waals surface area contributed by atoms with Crippen molar-refractivity contribution in [3.63, 3.8) is 0 Å². The molecule has 136 valence electrons. The van der Waals surface area contributed by atoms with Gasteiger partial charge in [-0.25, -0.2) is 0 Å². The van der Waals surface area contributed by atoms with Gasteiger partial charge in [0.25, 0.3) is 5.91 Å². The van der Waals surface area contributed by atoms with Crippen molar-refractivity contribution in [3.05, 3.63) is 78.1 Å². The number of hydrogen-bond donors (Lipinski definition) is 1. The molecule has 0 saturated carbocycles. The Labute approximate surface area is 158 Å². The highest BCUT2D eigenvalue weighted by molar-refractivity contribution is 6.00. The van der Waals surface area contributed by atoms with Gasteiger partial charge in [-0.2, -0.15) is 0 Å². The number of carbonyl (C=O) groups is 2. The first kappa shape index (κ1) is 17.2. The molecule has 1 unspecified atom stereocenters. The van der Waals surface area contributed by atoms with Gasteiger partial charge in [0.05, 0.1) is 12.6 Å². The van der Waals surface area contributed by atoms with Crippen LogP contribution in [0.3, 0.4) is 0 Å². The normalized spacial score (nSPS) is 16.4. The molecule has 0 bridgehead atoms. The first-order valence-electron chi connectivity index (χ1n) is 9.19. The number of benzene rings is 2. The highest BCUT2D eigenvalue weighted by Gasteiger charge is 2.29. The van der Waals surface area contributed by atoms with Crippen molar-refractivity contribution in [2.24, 2.45) is 0 Å². The van der Waals surface area contributed by atoms with Gasteiger partial charge in [-0.1, -0.05) is 30.3 Å². The fourth-order valence-corrected chi connectivity index (χ4v) is 3.69. The second-order valence-corrected chi connectivity index (χ2v) is 6.77. The Bertz CT molecular complexity index is 971. The van der Waals surface area contributed by atoms with E-state index in [0.29, 0.717) is 5.56 Å². The lowest BCUT2D eigenvalue weighted by molar-refractivity contribution is -0.131. The average molecular weight is 359 g/mol. The average Bonchev–Trinajstić information content (AvgIpc) is 3.22. The zero-order chi connectivity index (χ0) is 18.6. The maximum absolute atomic E-state index is 12.7. The lowest BCUT2D eigenvalue weighted by atomic mass is 10.1. The Morgan fingerprint density at radius 1 is 1.04 bits per heavy atom. The molecule has 1 aliphatic rings. The Hall–Kier alpha value is -3.21. The molecule has 1 atom stereocenters. The van der Waals surface area contributed by atoms with Crippen molar-refractivity contribution < 1.29 is 9.59 Å². The summed E-state index contributed by atoms with van der Waals surface area (Å²) in [5, 5.41) is 4.86. The quantitative estimate of drug-likeness (QED) is 0.777. The lowest BCUT2D eigenvalue weighted by Crippen LogP contribution is -2.39. The van der Waals surface area contributed by atoms with Gasteiger partial charge in [0.2, 0.25) is 5.91 Å². The highest BCUT2D eigenvalue weighted by Crippen LogP contribution is 2.31. The summed E-state index contributed by atoms with van der Waals surface area (Å²) >= 11 is 0. The topological polar surface area (TPSA) is 62.3 Å². The number of nitrogens with zero attached hydrogens (tertiary/aromatic N) is 2. The number of rotatable bonds is 4. The Balaban J connectivity index is 1.41. The van der Waals surface area contributed by atoms with Gasteiger partial charge >= 0.3 is 0 Å². The molecular weight excluding hydrogens is 338 g/mol. The van der Waals surface area contributed by atoms with E-state index in [4.69, 9.17) is 0 Å². The van der Waals surface area contributed by atoms with Crippen molar-refractivity contribution >= 4 is 22.6 Å². The minimum absolute atomic E-state index is 0.00719. The Morgan fingerprint density at radius 2 is 1.81 bits per heavy atom. The van der Waals surface area contributed by atoms with Crippen molar-refractivity contribution in [1.29, 1.82) is 0 Å². The first-order chi connectivity index (χ1) is 13.2. The van der Waals surface area contributed by atoms with Gasteiger partial charge in [0.1, 0.15) is 0 Å². The number of nitrogens with one attached hydrogen (secondary N) is 1. The second kappa shape index (κ2) is 7.58. The van der Waals surface area contributed by atoms with Crippen LogP contribution in [0.1, 0.15) is 34.8 Å². The van der Waals surface area contributed by atoms with Crippen LogP contribution in [-0.4, -0.2) is 34.8 Å². The third-order valence-corrected chi connectivity index (χ3v) is 5.08. The van der Waals surface area contributed by atoms with Gasteiger partial charge in [-0.3, -0.25) is 14.6 Å². The summed E-state index contributed by atoms with van der Waals surface area (Å²) in [7, 11) is 0. The molecule has 5 heteroatoms. The van der Waals surface area contributed by atoms with Crippen LogP contribution in [0.4, 0.5) is 0 Å². The molecule has 4 rings (SSSR count). The predicted molar refractivity (Wildman–Crippen MR) is 104 cm³/mol. The number of fused-ring (bicyclic) bond motifs is 1. The zero-order valence-electron chi connectivity index (χ0n) is 15.0. The van der Waals surface area contributed by atoms with E-state index in [0.717, 1.165) is 35.7 Å². The maximum Gasteiger partial charge on any atom is 0.251 e. The molecule has 0 aliphatic carbocycles. The van der Waals surface area contributed by atoms with Crippen LogP contribution in [0.25, 0.3) is 10.8 Å². The number of pyridine rings is 1. The molecule has 1 aliphatic heterocycles. The summed E-state index contributed by atoms with van der Waals surface area (Å²) in [6.45, 7) is 0.727. The van der Waals surface area contributed by atoms with E-state index in [9.17, 15) is 9.59 Å². The molecule has 1 saturated heterocycles. The highest BCUT2D eigenvalue weighted by atomic mass is 16.2. The van der Waals surface area contributed by atoms with Crippen molar-refractivity contribution in [2.45, 2.75) is 18.9 Å². The zero-order valence-corrected chi connectivity index (χ0v) is 15.0. The van der Waals surface area contributed by atoms with Crippen molar-refractivity contribution in [2.75, 3.05) is 13.1 Å². The largest absolute Gasteiger partial charge is 0.343 e. The van der Waals surface area contributed by atoms with Crippen LogP contribution in [0, 0.1) is 0 Å². The molecule has 27 heavy (non-hydrogen) atoms. The van der Waals surface area contributed by atoms with Gasteiger partial charge in [0.15, 0.2) is 0 Å². The van der Waals surface area contributed by atoms with Crippen LogP contribution in [0.2, 0.25) is 0 Å². The minimum atomic E-state index is -0.228. The summed E-state index contributed by atoms with van der Waals surface area (Å²) in [6, 6.07) is 17.4. The van der Waals surface area contributed by atoms with E-state index >= 15 is 0 Å².